The minimum atomic E-state index is -0.366. The van der Waals surface area contributed by atoms with E-state index in [-0.39, 0.29) is 17.8 Å². The highest BCUT2D eigenvalue weighted by Gasteiger charge is 2.14. The summed E-state index contributed by atoms with van der Waals surface area (Å²) >= 11 is 0. The van der Waals surface area contributed by atoms with E-state index >= 15 is 0 Å². The van der Waals surface area contributed by atoms with Crippen molar-refractivity contribution in [2.45, 2.75) is 33.2 Å². The predicted octanol–water partition coefficient (Wildman–Crippen LogP) is 3.23. The number of halogens is 1. The van der Waals surface area contributed by atoms with Crippen LogP contribution in [-0.2, 0) is 4.79 Å². The van der Waals surface area contributed by atoms with Crippen molar-refractivity contribution >= 4 is 11.6 Å². The molecule has 1 N–H and O–H groups in total. The Kier molecular flexibility index (Phi) is 4.17. The van der Waals surface area contributed by atoms with E-state index in [2.05, 4.69) is 10.4 Å². The van der Waals surface area contributed by atoms with Crippen molar-refractivity contribution in [1.82, 2.24) is 9.78 Å². The molecule has 1 aromatic carbocycles. The summed E-state index contributed by atoms with van der Waals surface area (Å²) in [4.78, 5) is 12.0. The summed E-state index contributed by atoms with van der Waals surface area (Å²) in [6.07, 6.45) is 0.290. The van der Waals surface area contributed by atoms with Gasteiger partial charge in [0.05, 0.1) is 11.7 Å². The van der Waals surface area contributed by atoms with Crippen LogP contribution in [0.1, 0.15) is 30.8 Å². The van der Waals surface area contributed by atoms with Crippen LogP contribution in [0.5, 0.6) is 0 Å². The van der Waals surface area contributed by atoms with Crippen molar-refractivity contribution in [3.8, 4) is 0 Å². The number of aromatic nitrogens is 2. The van der Waals surface area contributed by atoms with E-state index in [0.29, 0.717) is 12.1 Å². The van der Waals surface area contributed by atoms with E-state index in [0.717, 1.165) is 11.4 Å². The number of benzene rings is 1. The molecule has 5 heteroatoms. The van der Waals surface area contributed by atoms with Crippen molar-refractivity contribution < 1.29 is 9.18 Å². The molecule has 0 saturated heterocycles. The maximum Gasteiger partial charge on any atom is 0.226 e. The van der Waals surface area contributed by atoms with Gasteiger partial charge in [0.1, 0.15) is 5.82 Å². The zero-order valence-corrected chi connectivity index (χ0v) is 11.9. The van der Waals surface area contributed by atoms with Crippen LogP contribution < -0.4 is 5.32 Å². The van der Waals surface area contributed by atoms with E-state index in [1.807, 2.05) is 31.5 Å². The Hall–Kier alpha value is -2.17. The monoisotopic (exact) mass is 275 g/mol. The predicted molar refractivity (Wildman–Crippen MR) is 76.1 cm³/mol. The summed E-state index contributed by atoms with van der Waals surface area (Å²) < 4.78 is 14.9. The molecule has 0 aliphatic carbocycles. The van der Waals surface area contributed by atoms with Crippen LogP contribution in [0.25, 0.3) is 0 Å². The minimum Gasteiger partial charge on any atom is -0.326 e. The third-order valence-electron chi connectivity index (χ3n) is 3.05. The SMILES string of the molecule is Cc1cc(C)n([C@H](C)CC(=O)Nc2cccc(F)c2)n1. The van der Waals surface area contributed by atoms with Crippen molar-refractivity contribution in [2.24, 2.45) is 0 Å². The Morgan fingerprint density at radius 3 is 2.75 bits per heavy atom. The summed E-state index contributed by atoms with van der Waals surface area (Å²) in [7, 11) is 0. The number of anilines is 1. The Bertz CT molecular complexity index is 621. The van der Waals surface area contributed by atoms with E-state index < -0.39 is 0 Å². The number of amides is 1. The molecule has 2 rings (SSSR count). The zero-order valence-electron chi connectivity index (χ0n) is 11.9. The molecule has 0 fully saturated rings. The van der Waals surface area contributed by atoms with Crippen LogP contribution in [0.2, 0.25) is 0 Å². The first-order valence-corrected chi connectivity index (χ1v) is 6.54. The smallest absolute Gasteiger partial charge is 0.226 e. The maximum atomic E-state index is 13.0. The number of hydrogen-bond donors (Lipinski definition) is 1. The van der Waals surface area contributed by atoms with Crippen molar-refractivity contribution in [1.29, 1.82) is 0 Å². The third-order valence-corrected chi connectivity index (χ3v) is 3.05. The molecule has 1 aromatic heterocycles. The normalized spacial score (nSPS) is 12.2. The number of hydrogen-bond acceptors (Lipinski definition) is 2. The fourth-order valence-electron chi connectivity index (χ4n) is 2.23. The first kappa shape index (κ1) is 14.2. The number of rotatable bonds is 4. The third kappa shape index (κ3) is 3.44. The molecule has 0 aliphatic heterocycles. The second-order valence-electron chi connectivity index (χ2n) is 4.98. The first-order chi connectivity index (χ1) is 9.45. The van der Waals surface area contributed by atoms with Crippen LogP contribution in [0.3, 0.4) is 0 Å². The molecular weight excluding hydrogens is 257 g/mol. The molecule has 106 valence electrons. The van der Waals surface area contributed by atoms with Gasteiger partial charge in [0.25, 0.3) is 0 Å². The molecule has 1 amide bonds. The van der Waals surface area contributed by atoms with Gasteiger partial charge in [-0.15, -0.1) is 0 Å². The summed E-state index contributed by atoms with van der Waals surface area (Å²) in [5.74, 6) is -0.523. The average Bonchev–Trinajstić information content (AvgIpc) is 2.68. The topological polar surface area (TPSA) is 46.9 Å². The summed E-state index contributed by atoms with van der Waals surface area (Å²) in [6.45, 7) is 5.81. The lowest BCUT2D eigenvalue weighted by Crippen LogP contribution is -2.19. The van der Waals surface area contributed by atoms with E-state index in [1.165, 1.54) is 12.1 Å². The van der Waals surface area contributed by atoms with Gasteiger partial charge in [-0.25, -0.2) is 4.39 Å². The second-order valence-corrected chi connectivity index (χ2v) is 4.98. The molecule has 0 saturated carbocycles. The number of nitrogens with one attached hydrogen (secondary N) is 1. The molecule has 0 unspecified atom stereocenters. The molecule has 2 aromatic rings. The van der Waals surface area contributed by atoms with Crippen LogP contribution in [0.15, 0.2) is 30.3 Å². The Morgan fingerprint density at radius 2 is 2.15 bits per heavy atom. The Morgan fingerprint density at radius 1 is 1.40 bits per heavy atom. The lowest BCUT2D eigenvalue weighted by atomic mass is 10.2. The van der Waals surface area contributed by atoms with Gasteiger partial charge in [0.2, 0.25) is 5.91 Å². The molecule has 0 radical (unpaired) electrons. The zero-order chi connectivity index (χ0) is 14.7. The van der Waals surface area contributed by atoms with Gasteiger partial charge in [-0.05, 0) is 45.0 Å². The minimum absolute atomic E-state index is 0.0442. The van der Waals surface area contributed by atoms with Crippen molar-refractivity contribution in [3.63, 3.8) is 0 Å². The first-order valence-electron chi connectivity index (χ1n) is 6.54. The highest BCUT2D eigenvalue weighted by atomic mass is 19.1. The molecule has 1 heterocycles. The van der Waals surface area contributed by atoms with Gasteiger partial charge >= 0.3 is 0 Å². The van der Waals surface area contributed by atoms with Gasteiger partial charge in [-0.1, -0.05) is 6.07 Å². The van der Waals surface area contributed by atoms with Gasteiger partial charge in [0.15, 0.2) is 0 Å². The standard InChI is InChI=1S/C15H18FN3O/c1-10-7-11(2)19(18-10)12(3)8-15(20)17-14-6-4-5-13(16)9-14/h4-7,9,12H,8H2,1-3H3,(H,17,20)/t12-/m1/s1. The van der Waals surface area contributed by atoms with E-state index in [4.69, 9.17) is 0 Å². The van der Waals surface area contributed by atoms with E-state index in [1.54, 1.807) is 12.1 Å². The highest BCUT2D eigenvalue weighted by Crippen LogP contribution is 2.16. The van der Waals surface area contributed by atoms with Crippen LogP contribution in [-0.4, -0.2) is 15.7 Å². The average molecular weight is 275 g/mol. The number of carbonyl (C=O) groups excluding carboxylic acids is 1. The Labute approximate surface area is 117 Å². The van der Waals surface area contributed by atoms with Crippen LogP contribution in [0.4, 0.5) is 10.1 Å². The second kappa shape index (κ2) is 5.86. The van der Waals surface area contributed by atoms with Gasteiger partial charge in [-0.2, -0.15) is 5.10 Å². The summed E-state index contributed by atoms with van der Waals surface area (Å²) in [6, 6.07) is 7.79. The fourth-order valence-corrected chi connectivity index (χ4v) is 2.23. The largest absolute Gasteiger partial charge is 0.326 e. The highest BCUT2D eigenvalue weighted by molar-refractivity contribution is 5.90. The van der Waals surface area contributed by atoms with Crippen molar-refractivity contribution in [2.75, 3.05) is 5.32 Å². The lowest BCUT2D eigenvalue weighted by Gasteiger charge is -2.14. The number of aryl methyl sites for hydroxylation is 2. The number of carbonyl (C=O) groups is 1. The quantitative estimate of drug-likeness (QED) is 0.931. The van der Waals surface area contributed by atoms with Crippen molar-refractivity contribution in [3.05, 3.63) is 47.5 Å². The Balaban J connectivity index is 1.99. The molecule has 20 heavy (non-hydrogen) atoms. The molecular formula is C15H18FN3O. The lowest BCUT2D eigenvalue weighted by molar-refractivity contribution is -0.116. The summed E-state index contributed by atoms with van der Waals surface area (Å²) in [5, 5.41) is 7.05. The molecule has 1 atom stereocenters. The van der Waals surface area contributed by atoms with Crippen LogP contribution in [0, 0.1) is 19.7 Å². The van der Waals surface area contributed by atoms with Crippen LogP contribution >= 0.6 is 0 Å². The van der Waals surface area contributed by atoms with Gasteiger partial charge < -0.3 is 5.32 Å². The summed E-state index contributed by atoms with van der Waals surface area (Å²) in [5.41, 5.74) is 2.42. The van der Waals surface area contributed by atoms with Gasteiger partial charge in [0, 0.05) is 17.8 Å². The van der Waals surface area contributed by atoms with E-state index in [9.17, 15) is 9.18 Å². The maximum absolute atomic E-state index is 13.0. The molecule has 0 aliphatic rings. The molecule has 4 nitrogen and oxygen atoms in total. The van der Waals surface area contributed by atoms with Gasteiger partial charge in [-0.3, -0.25) is 9.48 Å². The fraction of sp³-hybridized carbons (Fsp3) is 0.333. The molecule has 0 spiro atoms. The molecule has 0 bridgehead atoms. The number of nitrogens with zero attached hydrogens (tertiary/aromatic N) is 2.